The number of hydrogen-bond donors (Lipinski definition) is 1. The number of carbonyl (C=O) groups is 1. The number of nitrogens with two attached hydrogens (primary N) is 1. The standard InChI is InChI=1S/C19H21ClN2O/c20-17-8-6-14(7-9-17)10-19(23)22-12-16(11-21)18(13-22)15-4-2-1-3-5-15/h1-9,16,18H,10-13,21H2/t16-,18+/m1/s1. The summed E-state index contributed by atoms with van der Waals surface area (Å²) in [7, 11) is 0. The first-order chi connectivity index (χ1) is 11.2. The van der Waals surface area contributed by atoms with Crippen LogP contribution in [-0.2, 0) is 11.2 Å². The van der Waals surface area contributed by atoms with Gasteiger partial charge in [-0.3, -0.25) is 4.79 Å². The summed E-state index contributed by atoms with van der Waals surface area (Å²) in [6.07, 6.45) is 0.413. The second-order valence-corrected chi connectivity index (χ2v) is 6.55. The van der Waals surface area contributed by atoms with Crippen LogP contribution in [0.1, 0.15) is 17.0 Å². The van der Waals surface area contributed by atoms with Gasteiger partial charge in [0, 0.05) is 24.0 Å². The average molecular weight is 329 g/mol. The first kappa shape index (κ1) is 16.0. The molecule has 0 saturated carbocycles. The third-order valence-electron chi connectivity index (χ3n) is 4.59. The lowest BCUT2D eigenvalue weighted by Crippen LogP contribution is -2.31. The van der Waals surface area contributed by atoms with Gasteiger partial charge in [0.15, 0.2) is 0 Å². The molecule has 0 radical (unpaired) electrons. The number of likely N-dealkylation sites (tertiary alicyclic amines) is 1. The SMILES string of the molecule is NC[C@@H]1CN(C(=O)Cc2ccc(Cl)cc2)C[C@H]1c1ccccc1. The molecule has 2 aromatic rings. The van der Waals surface area contributed by atoms with E-state index in [-0.39, 0.29) is 5.91 Å². The normalized spacial score (nSPS) is 20.7. The molecule has 1 aliphatic heterocycles. The molecule has 1 fully saturated rings. The van der Waals surface area contributed by atoms with Crippen LogP contribution in [0.2, 0.25) is 5.02 Å². The summed E-state index contributed by atoms with van der Waals surface area (Å²) in [5, 5.41) is 0.690. The summed E-state index contributed by atoms with van der Waals surface area (Å²) in [4.78, 5) is 14.5. The van der Waals surface area contributed by atoms with Crippen molar-refractivity contribution in [2.24, 2.45) is 11.7 Å². The quantitative estimate of drug-likeness (QED) is 0.937. The Kier molecular flexibility index (Phi) is 4.99. The fourth-order valence-corrected chi connectivity index (χ4v) is 3.41. The van der Waals surface area contributed by atoms with Gasteiger partial charge in [0.25, 0.3) is 0 Å². The van der Waals surface area contributed by atoms with E-state index in [0.717, 1.165) is 18.7 Å². The molecule has 0 unspecified atom stereocenters. The molecule has 1 saturated heterocycles. The Balaban J connectivity index is 1.69. The van der Waals surface area contributed by atoms with Gasteiger partial charge in [-0.15, -0.1) is 0 Å². The van der Waals surface area contributed by atoms with Gasteiger partial charge in [-0.2, -0.15) is 0 Å². The van der Waals surface area contributed by atoms with E-state index in [4.69, 9.17) is 17.3 Å². The number of halogens is 1. The van der Waals surface area contributed by atoms with Crippen LogP contribution in [-0.4, -0.2) is 30.4 Å². The third kappa shape index (κ3) is 3.74. The summed E-state index contributed by atoms with van der Waals surface area (Å²) in [6, 6.07) is 17.8. The van der Waals surface area contributed by atoms with Crippen LogP contribution in [0.4, 0.5) is 0 Å². The molecule has 2 atom stereocenters. The highest BCUT2D eigenvalue weighted by molar-refractivity contribution is 6.30. The van der Waals surface area contributed by atoms with Crippen LogP contribution in [0.25, 0.3) is 0 Å². The molecule has 1 aliphatic rings. The molecule has 4 heteroatoms. The fourth-order valence-electron chi connectivity index (χ4n) is 3.28. The smallest absolute Gasteiger partial charge is 0.227 e. The van der Waals surface area contributed by atoms with Crippen molar-refractivity contribution in [2.75, 3.05) is 19.6 Å². The van der Waals surface area contributed by atoms with Crippen LogP contribution >= 0.6 is 11.6 Å². The van der Waals surface area contributed by atoms with Gasteiger partial charge in [-0.05, 0) is 35.7 Å². The maximum Gasteiger partial charge on any atom is 0.227 e. The number of hydrogen-bond acceptors (Lipinski definition) is 2. The minimum Gasteiger partial charge on any atom is -0.341 e. The van der Waals surface area contributed by atoms with Crippen molar-refractivity contribution in [1.82, 2.24) is 4.90 Å². The molecule has 0 aromatic heterocycles. The molecule has 3 rings (SSSR count). The van der Waals surface area contributed by atoms with E-state index in [1.807, 2.05) is 47.4 Å². The molecule has 1 heterocycles. The number of carbonyl (C=O) groups excluding carboxylic acids is 1. The van der Waals surface area contributed by atoms with Gasteiger partial charge in [0.2, 0.25) is 5.91 Å². The van der Waals surface area contributed by atoms with Crippen LogP contribution in [0.5, 0.6) is 0 Å². The summed E-state index contributed by atoms with van der Waals surface area (Å²) in [5.41, 5.74) is 8.20. The van der Waals surface area contributed by atoms with Crippen molar-refractivity contribution < 1.29 is 4.79 Å². The summed E-state index contributed by atoms with van der Waals surface area (Å²) < 4.78 is 0. The van der Waals surface area contributed by atoms with E-state index in [2.05, 4.69) is 12.1 Å². The van der Waals surface area contributed by atoms with Gasteiger partial charge in [0.1, 0.15) is 0 Å². The minimum absolute atomic E-state index is 0.157. The highest BCUT2D eigenvalue weighted by Gasteiger charge is 2.34. The van der Waals surface area contributed by atoms with E-state index in [1.165, 1.54) is 5.56 Å². The lowest BCUT2D eigenvalue weighted by atomic mass is 9.89. The summed E-state index contributed by atoms with van der Waals surface area (Å²) in [5.74, 6) is 0.811. The largest absolute Gasteiger partial charge is 0.341 e. The zero-order valence-corrected chi connectivity index (χ0v) is 13.7. The highest BCUT2D eigenvalue weighted by Crippen LogP contribution is 2.32. The Bertz CT molecular complexity index is 657. The zero-order valence-electron chi connectivity index (χ0n) is 13.0. The Labute approximate surface area is 142 Å². The molecule has 2 aromatic carbocycles. The molecule has 23 heavy (non-hydrogen) atoms. The van der Waals surface area contributed by atoms with Gasteiger partial charge in [-0.25, -0.2) is 0 Å². The molecule has 0 spiro atoms. The Morgan fingerprint density at radius 2 is 1.78 bits per heavy atom. The average Bonchev–Trinajstić information content (AvgIpc) is 3.02. The lowest BCUT2D eigenvalue weighted by molar-refractivity contribution is -0.129. The molecule has 2 N–H and O–H groups in total. The maximum atomic E-state index is 12.6. The minimum atomic E-state index is 0.157. The summed E-state index contributed by atoms with van der Waals surface area (Å²) >= 11 is 5.89. The summed E-state index contributed by atoms with van der Waals surface area (Å²) in [6.45, 7) is 2.09. The van der Waals surface area contributed by atoms with Gasteiger partial charge in [-0.1, -0.05) is 54.1 Å². The van der Waals surface area contributed by atoms with Gasteiger partial charge >= 0.3 is 0 Å². The Morgan fingerprint density at radius 3 is 2.43 bits per heavy atom. The predicted octanol–water partition coefficient (Wildman–Crippen LogP) is 3.08. The molecule has 0 bridgehead atoms. The molecular formula is C19H21ClN2O. The number of benzene rings is 2. The van der Waals surface area contributed by atoms with Crippen molar-refractivity contribution in [3.8, 4) is 0 Å². The van der Waals surface area contributed by atoms with Crippen molar-refractivity contribution >= 4 is 17.5 Å². The Morgan fingerprint density at radius 1 is 1.09 bits per heavy atom. The zero-order chi connectivity index (χ0) is 16.2. The van der Waals surface area contributed by atoms with Gasteiger partial charge in [0.05, 0.1) is 6.42 Å². The first-order valence-corrected chi connectivity index (χ1v) is 8.32. The van der Waals surface area contributed by atoms with E-state index in [0.29, 0.717) is 29.8 Å². The lowest BCUT2D eigenvalue weighted by Gasteiger charge is -2.17. The predicted molar refractivity (Wildman–Crippen MR) is 93.5 cm³/mol. The highest BCUT2D eigenvalue weighted by atomic mass is 35.5. The van der Waals surface area contributed by atoms with Crippen LogP contribution < -0.4 is 5.73 Å². The van der Waals surface area contributed by atoms with Crippen molar-refractivity contribution in [2.45, 2.75) is 12.3 Å². The molecule has 3 nitrogen and oxygen atoms in total. The van der Waals surface area contributed by atoms with E-state index < -0.39 is 0 Å². The third-order valence-corrected chi connectivity index (χ3v) is 4.84. The molecule has 1 amide bonds. The van der Waals surface area contributed by atoms with E-state index in [9.17, 15) is 4.79 Å². The monoisotopic (exact) mass is 328 g/mol. The van der Waals surface area contributed by atoms with Crippen LogP contribution in [0.3, 0.4) is 0 Å². The van der Waals surface area contributed by atoms with Crippen molar-refractivity contribution in [3.05, 3.63) is 70.7 Å². The number of nitrogens with zero attached hydrogens (tertiary/aromatic N) is 1. The van der Waals surface area contributed by atoms with E-state index in [1.54, 1.807) is 0 Å². The molecule has 120 valence electrons. The van der Waals surface area contributed by atoms with Gasteiger partial charge < -0.3 is 10.6 Å². The first-order valence-electron chi connectivity index (χ1n) is 7.94. The molecular weight excluding hydrogens is 308 g/mol. The van der Waals surface area contributed by atoms with Crippen LogP contribution in [0, 0.1) is 5.92 Å². The second-order valence-electron chi connectivity index (χ2n) is 6.11. The van der Waals surface area contributed by atoms with Crippen molar-refractivity contribution in [3.63, 3.8) is 0 Å². The molecule has 0 aliphatic carbocycles. The number of rotatable bonds is 4. The second kappa shape index (κ2) is 7.16. The van der Waals surface area contributed by atoms with Crippen LogP contribution in [0.15, 0.2) is 54.6 Å². The Hall–Kier alpha value is -1.84. The number of amides is 1. The fraction of sp³-hybridized carbons (Fsp3) is 0.316. The van der Waals surface area contributed by atoms with E-state index >= 15 is 0 Å². The topological polar surface area (TPSA) is 46.3 Å². The van der Waals surface area contributed by atoms with Crippen molar-refractivity contribution in [1.29, 1.82) is 0 Å². The maximum absolute atomic E-state index is 12.6.